The van der Waals surface area contributed by atoms with Gasteiger partial charge in [0.1, 0.15) is 17.9 Å². The van der Waals surface area contributed by atoms with Crippen LogP contribution in [0.5, 0.6) is 5.75 Å². The summed E-state index contributed by atoms with van der Waals surface area (Å²) in [7, 11) is 0. The molecular weight excluding hydrogens is 410 g/mol. The van der Waals surface area contributed by atoms with E-state index in [1.54, 1.807) is 18.2 Å². The number of hydrogen-bond donors (Lipinski definition) is 0. The summed E-state index contributed by atoms with van der Waals surface area (Å²) in [5.41, 5.74) is 1.15. The number of rotatable bonds is 5. The van der Waals surface area contributed by atoms with Crippen LogP contribution in [0.1, 0.15) is 12.0 Å². The zero-order valence-corrected chi connectivity index (χ0v) is 17.1. The Bertz CT molecular complexity index is 1410. The number of carbonyl (C=O) groups is 2. The number of nitrogens with zero attached hydrogens (tertiary/aromatic N) is 1. The van der Waals surface area contributed by atoms with E-state index in [-0.39, 0.29) is 32.1 Å². The first kappa shape index (κ1) is 19.8. The van der Waals surface area contributed by atoms with Crippen LogP contribution in [-0.4, -0.2) is 25.0 Å². The normalized spacial score (nSPS) is 13.1. The lowest BCUT2D eigenvalue weighted by atomic mass is 10.0. The van der Waals surface area contributed by atoms with E-state index in [9.17, 15) is 14.4 Å². The molecule has 1 aliphatic heterocycles. The number of hydrogen-bond acceptors (Lipinski definition) is 6. The van der Waals surface area contributed by atoms with Crippen molar-refractivity contribution in [3.8, 4) is 5.75 Å². The summed E-state index contributed by atoms with van der Waals surface area (Å²) in [6.45, 7) is 0.0478. The summed E-state index contributed by atoms with van der Waals surface area (Å²) < 4.78 is 16.2. The van der Waals surface area contributed by atoms with E-state index in [4.69, 9.17) is 13.9 Å². The van der Waals surface area contributed by atoms with Crippen LogP contribution in [0.3, 0.4) is 0 Å². The zero-order chi connectivity index (χ0) is 22.1. The highest BCUT2D eigenvalue weighted by atomic mass is 16.5. The minimum Gasteiger partial charge on any atom is -0.482 e. The Morgan fingerprint density at radius 3 is 2.72 bits per heavy atom. The van der Waals surface area contributed by atoms with Gasteiger partial charge in [0.25, 0.3) is 5.91 Å². The molecule has 0 aliphatic carbocycles. The molecule has 160 valence electrons. The summed E-state index contributed by atoms with van der Waals surface area (Å²) in [5.74, 6) is -0.0761. The van der Waals surface area contributed by atoms with Gasteiger partial charge in [-0.1, -0.05) is 42.5 Å². The Morgan fingerprint density at radius 1 is 1.00 bits per heavy atom. The van der Waals surface area contributed by atoms with Gasteiger partial charge in [-0.2, -0.15) is 0 Å². The van der Waals surface area contributed by atoms with E-state index in [0.717, 1.165) is 16.2 Å². The van der Waals surface area contributed by atoms with Crippen molar-refractivity contribution in [3.05, 3.63) is 82.7 Å². The van der Waals surface area contributed by atoms with Crippen molar-refractivity contribution < 1.29 is 23.5 Å². The zero-order valence-electron chi connectivity index (χ0n) is 17.1. The van der Waals surface area contributed by atoms with Gasteiger partial charge >= 0.3 is 11.6 Å². The van der Waals surface area contributed by atoms with Crippen molar-refractivity contribution in [2.45, 2.75) is 13.0 Å². The molecule has 7 nitrogen and oxygen atoms in total. The molecule has 0 atom stereocenters. The van der Waals surface area contributed by atoms with Gasteiger partial charge in [0.15, 0.2) is 6.61 Å². The van der Waals surface area contributed by atoms with Crippen molar-refractivity contribution in [1.29, 1.82) is 0 Å². The second-order valence-corrected chi connectivity index (χ2v) is 7.46. The maximum atomic E-state index is 12.5. The van der Waals surface area contributed by atoms with E-state index in [0.29, 0.717) is 22.6 Å². The SMILES string of the molecule is O=C(CCN1C(=O)COc2ccccc21)OCc1cc(=O)oc2ccc3ccccc3c12. The molecule has 0 saturated carbocycles. The number of fused-ring (bicyclic) bond motifs is 4. The first-order valence-corrected chi connectivity index (χ1v) is 10.2. The third-order valence-corrected chi connectivity index (χ3v) is 5.45. The van der Waals surface area contributed by atoms with Gasteiger partial charge in [0.05, 0.1) is 12.1 Å². The summed E-state index contributed by atoms with van der Waals surface area (Å²) in [6, 6.07) is 19.9. The quantitative estimate of drug-likeness (QED) is 0.272. The van der Waals surface area contributed by atoms with Crippen molar-refractivity contribution in [2.24, 2.45) is 0 Å². The molecule has 5 rings (SSSR count). The molecule has 0 unspecified atom stereocenters. The van der Waals surface area contributed by atoms with Gasteiger partial charge < -0.3 is 18.8 Å². The standard InChI is InChI=1S/C25H19NO6/c27-22-15-30-20-8-4-3-7-19(20)26(22)12-11-23(28)31-14-17-13-24(29)32-21-10-9-16-5-1-2-6-18(16)25(17)21/h1-10,13H,11-12,14-15H2. The Labute approximate surface area is 182 Å². The second kappa shape index (κ2) is 8.19. The van der Waals surface area contributed by atoms with E-state index in [2.05, 4.69) is 0 Å². The van der Waals surface area contributed by atoms with Gasteiger partial charge in [-0.3, -0.25) is 9.59 Å². The van der Waals surface area contributed by atoms with Crippen molar-refractivity contribution >= 4 is 39.3 Å². The molecule has 1 aliphatic rings. The van der Waals surface area contributed by atoms with Crippen LogP contribution in [-0.2, 0) is 20.9 Å². The van der Waals surface area contributed by atoms with Gasteiger partial charge in [-0.05, 0) is 29.0 Å². The molecule has 0 N–H and O–H groups in total. The molecule has 32 heavy (non-hydrogen) atoms. The fourth-order valence-corrected chi connectivity index (χ4v) is 3.97. The average Bonchev–Trinajstić information content (AvgIpc) is 2.81. The van der Waals surface area contributed by atoms with Crippen LogP contribution >= 0.6 is 0 Å². The Morgan fingerprint density at radius 2 is 1.81 bits per heavy atom. The molecule has 1 aromatic heterocycles. The highest BCUT2D eigenvalue weighted by Crippen LogP contribution is 2.31. The minimum atomic E-state index is -0.505. The highest BCUT2D eigenvalue weighted by molar-refractivity contribution is 6.07. The lowest BCUT2D eigenvalue weighted by Gasteiger charge is -2.28. The predicted octanol–water partition coefficient (Wildman–Crippen LogP) is 3.81. The monoisotopic (exact) mass is 429 g/mol. The maximum Gasteiger partial charge on any atom is 0.336 e. The molecule has 4 aromatic rings. The van der Waals surface area contributed by atoms with E-state index in [1.165, 1.54) is 11.0 Å². The fourth-order valence-electron chi connectivity index (χ4n) is 3.97. The van der Waals surface area contributed by atoms with Gasteiger partial charge in [0.2, 0.25) is 0 Å². The van der Waals surface area contributed by atoms with Crippen LogP contribution in [0.15, 0.2) is 75.9 Å². The maximum absolute atomic E-state index is 12.5. The molecular formula is C25H19NO6. The van der Waals surface area contributed by atoms with Crippen molar-refractivity contribution in [3.63, 3.8) is 0 Å². The van der Waals surface area contributed by atoms with Gasteiger partial charge in [-0.15, -0.1) is 0 Å². The molecule has 1 amide bonds. The third-order valence-electron chi connectivity index (χ3n) is 5.45. The number of amides is 1. The fraction of sp³-hybridized carbons (Fsp3) is 0.160. The summed E-state index contributed by atoms with van der Waals surface area (Å²) >= 11 is 0. The van der Waals surface area contributed by atoms with Crippen LogP contribution in [0, 0.1) is 0 Å². The molecule has 0 bridgehead atoms. The number of ether oxygens (including phenoxy) is 2. The number of esters is 1. The van der Waals surface area contributed by atoms with Crippen LogP contribution in [0.2, 0.25) is 0 Å². The van der Waals surface area contributed by atoms with E-state index < -0.39 is 11.6 Å². The summed E-state index contributed by atoms with van der Waals surface area (Å²) in [5, 5.41) is 2.65. The van der Waals surface area contributed by atoms with Gasteiger partial charge in [-0.25, -0.2) is 4.79 Å². The molecule has 0 radical (unpaired) electrons. The van der Waals surface area contributed by atoms with E-state index >= 15 is 0 Å². The van der Waals surface area contributed by atoms with Crippen molar-refractivity contribution in [1.82, 2.24) is 0 Å². The minimum absolute atomic E-state index is 0.0141. The Hall–Kier alpha value is -4.13. The second-order valence-electron chi connectivity index (χ2n) is 7.46. The topological polar surface area (TPSA) is 86.0 Å². The number of benzene rings is 3. The highest BCUT2D eigenvalue weighted by Gasteiger charge is 2.25. The first-order valence-electron chi connectivity index (χ1n) is 10.2. The van der Waals surface area contributed by atoms with Crippen molar-refractivity contribution in [2.75, 3.05) is 18.1 Å². The first-order chi connectivity index (χ1) is 15.6. The summed E-state index contributed by atoms with van der Waals surface area (Å²) in [6.07, 6.45) is 0.0141. The van der Waals surface area contributed by atoms with Crippen LogP contribution < -0.4 is 15.3 Å². The molecule has 7 heteroatoms. The van der Waals surface area contributed by atoms with Crippen LogP contribution in [0.25, 0.3) is 21.7 Å². The average molecular weight is 429 g/mol. The molecule has 0 saturated heterocycles. The predicted molar refractivity (Wildman–Crippen MR) is 119 cm³/mol. The van der Waals surface area contributed by atoms with Gasteiger partial charge in [0, 0.05) is 23.6 Å². The third kappa shape index (κ3) is 3.69. The smallest absolute Gasteiger partial charge is 0.336 e. The van der Waals surface area contributed by atoms with E-state index in [1.807, 2.05) is 42.5 Å². The Balaban J connectivity index is 1.33. The number of anilines is 1. The summed E-state index contributed by atoms with van der Waals surface area (Å²) in [4.78, 5) is 38.3. The molecule has 0 spiro atoms. The number of para-hydroxylation sites is 2. The molecule has 0 fully saturated rings. The molecule has 2 heterocycles. The molecule has 3 aromatic carbocycles. The largest absolute Gasteiger partial charge is 0.482 e. The van der Waals surface area contributed by atoms with Crippen LogP contribution in [0.4, 0.5) is 5.69 Å². The lowest BCUT2D eigenvalue weighted by molar-refractivity contribution is -0.144. The number of carbonyl (C=O) groups excluding carboxylic acids is 2. The Kier molecular flexibility index (Phi) is 5.07. The lowest BCUT2D eigenvalue weighted by Crippen LogP contribution is -2.40.